The first-order valence-electron chi connectivity index (χ1n) is 11.8. The summed E-state index contributed by atoms with van der Waals surface area (Å²) in [5.41, 5.74) is 2.58. The maximum atomic E-state index is 11.6. The van der Waals surface area contributed by atoms with Crippen LogP contribution >= 0.6 is 0 Å². The number of ether oxygens (including phenoxy) is 4. The molecular weight excluding hydrogens is 434 g/mol. The summed E-state index contributed by atoms with van der Waals surface area (Å²) in [6.07, 6.45) is 1.96. The van der Waals surface area contributed by atoms with Gasteiger partial charge >= 0.3 is 0 Å². The summed E-state index contributed by atoms with van der Waals surface area (Å²) in [6.45, 7) is 5.25. The number of hydrogen-bond acceptors (Lipinski definition) is 7. The van der Waals surface area contributed by atoms with E-state index in [9.17, 15) is 4.79 Å². The van der Waals surface area contributed by atoms with Gasteiger partial charge in [-0.2, -0.15) is 0 Å². The largest absolute Gasteiger partial charge is 0.490 e. The number of rotatable bonds is 4. The number of benzene rings is 2. The van der Waals surface area contributed by atoms with E-state index in [0.717, 1.165) is 66.3 Å². The molecule has 8 heteroatoms. The van der Waals surface area contributed by atoms with E-state index in [0.29, 0.717) is 18.0 Å². The van der Waals surface area contributed by atoms with E-state index in [1.807, 2.05) is 43.3 Å². The highest BCUT2D eigenvalue weighted by molar-refractivity contribution is 5.95. The molecule has 0 spiro atoms. The lowest BCUT2D eigenvalue weighted by molar-refractivity contribution is -0.118. The normalized spacial score (nSPS) is 20.4. The van der Waals surface area contributed by atoms with Crippen LogP contribution in [0.2, 0.25) is 0 Å². The van der Waals surface area contributed by atoms with E-state index >= 15 is 0 Å². The molecule has 0 saturated carbocycles. The van der Waals surface area contributed by atoms with Gasteiger partial charge in [-0.25, -0.2) is 0 Å². The van der Waals surface area contributed by atoms with Crippen molar-refractivity contribution >= 4 is 22.5 Å². The van der Waals surface area contributed by atoms with Crippen molar-refractivity contribution in [3.63, 3.8) is 0 Å². The molecule has 0 bridgehead atoms. The van der Waals surface area contributed by atoms with Crippen LogP contribution in [-0.2, 0) is 4.79 Å². The molecule has 3 aliphatic rings. The van der Waals surface area contributed by atoms with Crippen LogP contribution in [0.5, 0.6) is 23.0 Å². The number of hydrogen-bond donors (Lipinski definition) is 1. The van der Waals surface area contributed by atoms with Gasteiger partial charge in [0.2, 0.25) is 0 Å². The first kappa shape index (κ1) is 21.0. The van der Waals surface area contributed by atoms with E-state index in [-0.39, 0.29) is 24.7 Å². The highest BCUT2D eigenvalue weighted by Crippen LogP contribution is 2.38. The summed E-state index contributed by atoms with van der Waals surface area (Å²) in [5, 5.41) is 3.82. The number of amides is 1. The molecule has 34 heavy (non-hydrogen) atoms. The SMILES string of the molecule is Cc1ccc2c3c(ccc2n1)OCC(CN1CCC(Oc2ccc4c(c2)NC(=O)CO4)CC1)O3. The second kappa shape index (κ2) is 8.68. The highest BCUT2D eigenvalue weighted by Gasteiger charge is 2.28. The van der Waals surface area contributed by atoms with Crippen LogP contribution in [0.15, 0.2) is 42.5 Å². The van der Waals surface area contributed by atoms with Gasteiger partial charge in [-0.3, -0.25) is 14.7 Å². The van der Waals surface area contributed by atoms with E-state index in [1.165, 1.54) is 0 Å². The number of carbonyl (C=O) groups excluding carboxylic acids is 1. The van der Waals surface area contributed by atoms with Crippen LogP contribution in [0, 0.1) is 6.92 Å². The zero-order chi connectivity index (χ0) is 23.1. The number of aromatic nitrogens is 1. The van der Waals surface area contributed by atoms with Crippen LogP contribution in [0.3, 0.4) is 0 Å². The quantitative estimate of drug-likeness (QED) is 0.636. The molecule has 0 radical (unpaired) electrons. The standard InChI is InChI=1S/C26H27N3O5/c1-16-2-4-20-21(27-16)5-7-24-26(20)34-19(14-31-24)13-29-10-8-17(9-11-29)33-18-3-6-23-22(12-18)28-25(30)15-32-23/h2-7,12,17,19H,8-11,13-15H2,1H3,(H,28,30). The van der Waals surface area contributed by atoms with Crippen LogP contribution in [-0.4, -0.2) is 60.8 Å². The molecule has 1 aromatic heterocycles. The van der Waals surface area contributed by atoms with Crippen molar-refractivity contribution in [3.8, 4) is 23.0 Å². The summed E-state index contributed by atoms with van der Waals surface area (Å²) in [4.78, 5) is 18.6. The number of pyridine rings is 1. The molecule has 3 aliphatic heterocycles. The number of piperidine rings is 1. The van der Waals surface area contributed by atoms with E-state index in [2.05, 4.69) is 21.3 Å². The molecule has 2 aromatic carbocycles. The van der Waals surface area contributed by atoms with Crippen molar-refractivity contribution in [1.29, 1.82) is 0 Å². The summed E-state index contributed by atoms with van der Waals surface area (Å²) in [7, 11) is 0. The average Bonchev–Trinajstić information content (AvgIpc) is 2.84. The third-order valence-corrected chi connectivity index (χ3v) is 6.52. The van der Waals surface area contributed by atoms with Gasteiger partial charge in [0.25, 0.3) is 5.91 Å². The summed E-state index contributed by atoms with van der Waals surface area (Å²) in [6, 6.07) is 13.6. The fourth-order valence-corrected chi connectivity index (χ4v) is 4.79. The predicted octanol–water partition coefficient (Wildman–Crippen LogP) is 3.56. The minimum Gasteiger partial charge on any atom is -0.490 e. The Morgan fingerprint density at radius 1 is 1.09 bits per heavy atom. The van der Waals surface area contributed by atoms with Crippen molar-refractivity contribution in [1.82, 2.24) is 9.88 Å². The number of anilines is 1. The second-order valence-electron chi connectivity index (χ2n) is 9.08. The van der Waals surface area contributed by atoms with E-state index in [1.54, 1.807) is 0 Å². The van der Waals surface area contributed by atoms with Gasteiger partial charge in [-0.05, 0) is 56.2 Å². The van der Waals surface area contributed by atoms with Gasteiger partial charge in [0.05, 0.1) is 11.2 Å². The zero-order valence-electron chi connectivity index (χ0n) is 19.1. The molecule has 6 rings (SSSR count). The number of carbonyl (C=O) groups is 1. The van der Waals surface area contributed by atoms with Crippen molar-refractivity contribution in [2.45, 2.75) is 32.0 Å². The zero-order valence-corrected chi connectivity index (χ0v) is 19.1. The molecule has 8 nitrogen and oxygen atoms in total. The first-order chi connectivity index (χ1) is 16.6. The highest BCUT2D eigenvalue weighted by atomic mass is 16.6. The molecule has 4 heterocycles. The lowest BCUT2D eigenvalue weighted by Crippen LogP contribution is -2.45. The second-order valence-corrected chi connectivity index (χ2v) is 9.08. The number of nitrogens with one attached hydrogen (secondary N) is 1. The molecule has 176 valence electrons. The number of fused-ring (bicyclic) bond motifs is 4. The minimum absolute atomic E-state index is 0.0267. The molecule has 1 saturated heterocycles. The summed E-state index contributed by atoms with van der Waals surface area (Å²) in [5.74, 6) is 2.86. The molecule has 1 N–H and O–H groups in total. The van der Waals surface area contributed by atoms with Gasteiger partial charge < -0.3 is 24.3 Å². The Hall–Kier alpha value is -3.52. The third-order valence-electron chi connectivity index (χ3n) is 6.52. The Morgan fingerprint density at radius 2 is 1.94 bits per heavy atom. The fraction of sp³-hybridized carbons (Fsp3) is 0.385. The van der Waals surface area contributed by atoms with Gasteiger partial charge in [0, 0.05) is 36.8 Å². The Kier molecular flexibility index (Phi) is 5.37. The maximum absolute atomic E-state index is 11.6. The Morgan fingerprint density at radius 3 is 2.82 bits per heavy atom. The molecule has 0 aliphatic carbocycles. The van der Waals surface area contributed by atoms with Crippen molar-refractivity contribution in [2.75, 3.05) is 38.2 Å². The lowest BCUT2D eigenvalue weighted by Gasteiger charge is -2.36. The van der Waals surface area contributed by atoms with Crippen LogP contribution in [0.25, 0.3) is 10.9 Å². The maximum Gasteiger partial charge on any atom is 0.262 e. The van der Waals surface area contributed by atoms with Crippen molar-refractivity contribution in [3.05, 3.63) is 48.2 Å². The Labute approximate surface area is 197 Å². The predicted molar refractivity (Wildman–Crippen MR) is 127 cm³/mol. The summed E-state index contributed by atoms with van der Waals surface area (Å²) >= 11 is 0. The molecular formula is C26H27N3O5. The van der Waals surface area contributed by atoms with Gasteiger partial charge in [-0.15, -0.1) is 0 Å². The third kappa shape index (κ3) is 4.21. The van der Waals surface area contributed by atoms with Crippen molar-refractivity contribution in [2.24, 2.45) is 0 Å². The van der Waals surface area contributed by atoms with Gasteiger partial charge in [0.1, 0.15) is 30.3 Å². The first-order valence-corrected chi connectivity index (χ1v) is 11.8. The summed E-state index contributed by atoms with van der Waals surface area (Å²) < 4.78 is 24.0. The lowest BCUT2D eigenvalue weighted by atomic mass is 10.1. The molecule has 1 amide bonds. The average molecular weight is 462 g/mol. The number of aryl methyl sites for hydroxylation is 1. The fourth-order valence-electron chi connectivity index (χ4n) is 4.79. The molecule has 1 fully saturated rings. The molecule has 3 aromatic rings. The van der Waals surface area contributed by atoms with Crippen LogP contribution in [0.1, 0.15) is 18.5 Å². The number of likely N-dealkylation sites (tertiary alicyclic amines) is 1. The Bertz CT molecular complexity index is 1240. The topological polar surface area (TPSA) is 82.2 Å². The van der Waals surface area contributed by atoms with Gasteiger partial charge in [-0.1, -0.05) is 0 Å². The van der Waals surface area contributed by atoms with Crippen LogP contribution < -0.4 is 24.3 Å². The van der Waals surface area contributed by atoms with E-state index < -0.39 is 0 Å². The molecule has 1 atom stereocenters. The van der Waals surface area contributed by atoms with Crippen LogP contribution in [0.4, 0.5) is 5.69 Å². The monoisotopic (exact) mass is 461 g/mol. The smallest absolute Gasteiger partial charge is 0.262 e. The van der Waals surface area contributed by atoms with Gasteiger partial charge in [0.15, 0.2) is 18.1 Å². The minimum atomic E-state index is -0.145. The molecule has 1 unspecified atom stereocenters. The van der Waals surface area contributed by atoms with Crippen molar-refractivity contribution < 1.29 is 23.7 Å². The number of nitrogens with zero attached hydrogens (tertiary/aromatic N) is 2. The Balaban J connectivity index is 1.05. The van der Waals surface area contributed by atoms with E-state index in [4.69, 9.17) is 18.9 Å².